The maximum absolute atomic E-state index is 12.7. The molecule has 1 aromatic rings. The number of methoxy groups -OCH3 is 1. The van der Waals surface area contributed by atoms with Crippen molar-refractivity contribution in [2.24, 2.45) is 0 Å². The summed E-state index contributed by atoms with van der Waals surface area (Å²) in [6.45, 7) is 3.04. The third kappa shape index (κ3) is 6.03. The van der Waals surface area contributed by atoms with Gasteiger partial charge in [-0.25, -0.2) is 0 Å². The number of nitriles is 1. The molecular weight excluding hydrogens is 376 g/mol. The Kier molecular flexibility index (Phi) is 8.90. The van der Waals surface area contributed by atoms with Crippen molar-refractivity contribution < 1.29 is 14.3 Å². The minimum absolute atomic E-state index is 0.126. The lowest BCUT2D eigenvalue weighted by Crippen LogP contribution is -2.45. The standard InChI is InChI=1S/C20H30N4O3S/c1-14(24(2)13-18(25)22-10-7-11-27-3)19(26)23-20-16(12-21)15-8-5-4-6-9-17(15)28-20/h14H,4-11,13H2,1-3H3,(H,22,25)(H,23,26). The molecule has 2 rings (SSSR count). The van der Waals surface area contributed by atoms with E-state index in [1.54, 1.807) is 26.0 Å². The third-order valence-electron chi connectivity index (χ3n) is 5.05. The fraction of sp³-hybridized carbons (Fsp3) is 0.650. The van der Waals surface area contributed by atoms with Crippen LogP contribution in [0, 0.1) is 11.3 Å². The summed E-state index contributed by atoms with van der Waals surface area (Å²) < 4.78 is 4.95. The summed E-state index contributed by atoms with van der Waals surface area (Å²) in [5.74, 6) is -0.332. The molecule has 1 heterocycles. The highest BCUT2D eigenvalue weighted by Crippen LogP contribution is 2.37. The Labute approximate surface area is 171 Å². The predicted octanol–water partition coefficient (Wildman–Crippen LogP) is 2.30. The molecule has 2 N–H and O–H groups in total. The summed E-state index contributed by atoms with van der Waals surface area (Å²) in [6.07, 6.45) is 6.03. The summed E-state index contributed by atoms with van der Waals surface area (Å²) >= 11 is 1.52. The summed E-state index contributed by atoms with van der Waals surface area (Å²) in [7, 11) is 3.37. The van der Waals surface area contributed by atoms with Gasteiger partial charge in [0.1, 0.15) is 11.1 Å². The van der Waals surface area contributed by atoms with E-state index in [1.807, 2.05) is 0 Å². The quantitative estimate of drug-likeness (QED) is 0.485. The van der Waals surface area contributed by atoms with E-state index >= 15 is 0 Å². The number of fused-ring (bicyclic) bond motifs is 1. The smallest absolute Gasteiger partial charge is 0.242 e. The Morgan fingerprint density at radius 3 is 2.79 bits per heavy atom. The van der Waals surface area contributed by atoms with Crippen LogP contribution in [0.25, 0.3) is 0 Å². The zero-order valence-corrected chi connectivity index (χ0v) is 17.8. The van der Waals surface area contributed by atoms with Gasteiger partial charge in [-0.1, -0.05) is 6.42 Å². The second-order valence-corrected chi connectivity index (χ2v) is 8.26. The highest BCUT2D eigenvalue weighted by molar-refractivity contribution is 7.16. The number of rotatable bonds is 9. The lowest BCUT2D eigenvalue weighted by atomic mass is 10.1. The van der Waals surface area contributed by atoms with E-state index in [4.69, 9.17) is 4.74 Å². The highest BCUT2D eigenvalue weighted by Gasteiger charge is 2.24. The minimum Gasteiger partial charge on any atom is -0.385 e. The first-order valence-electron chi connectivity index (χ1n) is 9.79. The lowest BCUT2D eigenvalue weighted by Gasteiger charge is -2.23. The first kappa shape index (κ1) is 22.3. The van der Waals surface area contributed by atoms with Gasteiger partial charge >= 0.3 is 0 Å². The number of likely N-dealkylation sites (N-methyl/N-ethyl adjacent to an activating group) is 1. The van der Waals surface area contributed by atoms with Crippen molar-refractivity contribution in [2.75, 3.05) is 39.2 Å². The molecule has 0 spiro atoms. The number of aryl methyl sites for hydroxylation is 1. The van der Waals surface area contributed by atoms with E-state index in [2.05, 4.69) is 16.7 Å². The molecule has 1 aromatic heterocycles. The van der Waals surface area contributed by atoms with Crippen molar-refractivity contribution in [2.45, 2.75) is 51.5 Å². The predicted molar refractivity (Wildman–Crippen MR) is 111 cm³/mol. The van der Waals surface area contributed by atoms with Crippen molar-refractivity contribution >= 4 is 28.2 Å². The molecule has 1 unspecified atom stereocenters. The summed E-state index contributed by atoms with van der Waals surface area (Å²) in [4.78, 5) is 27.6. The molecule has 0 aliphatic heterocycles. The van der Waals surface area contributed by atoms with Crippen LogP contribution >= 0.6 is 11.3 Å². The fourth-order valence-electron chi connectivity index (χ4n) is 3.23. The second-order valence-electron chi connectivity index (χ2n) is 7.16. The Morgan fingerprint density at radius 1 is 1.32 bits per heavy atom. The van der Waals surface area contributed by atoms with Gasteiger partial charge in [-0.05, 0) is 51.6 Å². The van der Waals surface area contributed by atoms with Gasteiger partial charge in [0.15, 0.2) is 0 Å². The van der Waals surface area contributed by atoms with E-state index < -0.39 is 6.04 Å². The zero-order chi connectivity index (χ0) is 20.5. The average Bonchev–Trinajstić information content (AvgIpc) is 2.83. The first-order valence-corrected chi connectivity index (χ1v) is 10.6. The van der Waals surface area contributed by atoms with E-state index in [0.717, 1.165) is 37.7 Å². The van der Waals surface area contributed by atoms with Gasteiger partial charge in [0.05, 0.1) is 18.2 Å². The molecule has 1 aliphatic carbocycles. The largest absolute Gasteiger partial charge is 0.385 e. The monoisotopic (exact) mass is 406 g/mol. The number of thiophene rings is 1. The minimum atomic E-state index is -0.488. The zero-order valence-electron chi connectivity index (χ0n) is 17.0. The number of nitrogens with one attached hydrogen (secondary N) is 2. The van der Waals surface area contributed by atoms with E-state index in [0.29, 0.717) is 23.7 Å². The van der Waals surface area contributed by atoms with Gasteiger partial charge in [0.2, 0.25) is 11.8 Å². The summed E-state index contributed by atoms with van der Waals surface area (Å²) in [5, 5.41) is 16.0. The molecule has 0 saturated heterocycles. The van der Waals surface area contributed by atoms with Crippen LogP contribution in [-0.2, 0) is 27.2 Å². The van der Waals surface area contributed by atoms with Crippen molar-refractivity contribution in [1.29, 1.82) is 5.26 Å². The van der Waals surface area contributed by atoms with Crippen LogP contribution in [0.15, 0.2) is 0 Å². The number of carbonyl (C=O) groups excluding carboxylic acids is 2. The van der Waals surface area contributed by atoms with E-state index in [9.17, 15) is 14.9 Å². The first-order chi connectivity index (χ1) is 13.5. The van der Waals surface area contributed by atoms with Gasteiger partial charge < -0.3 is 15.4 Å². The number of anilines is 1. The molecule has 28 heavy (non-hydrogen) atoms. The Balaban J connectivity index is 1.93. The molecule has 1 aliphatic rings. The van der Waals surface area contributed by atoms with Crippen LogP contribution in [0.4, 0.5) is 5.00 Å². The second kappa shape index (κ2) is 11.1. The lowest BCUT2D eigenvalue weighted by molar-refractivity contribution is -0.124. The molecule has 7 nitrogen and oxygen atoms in total. The van der Waals surface area contributed by atoms with Crippen molar-refractivity contribution in [1.82, 2.24) is 10.2 Å². The van der Waals surface area contributed by atoms with E-state index in [1.165, 1.54) is 22.6 Å². The number of ether oxygens (including phenoxy) is 1. The number of hydrogen-bond donors (Lipinski definition) is 2. The summed E-state index contributed by atoms with van der Waals surface area (Å²) in [6, 6.07) is 1.79. The Bertz CT molecular complexity index is 726. The SMILES string of the molecule is COCCCNC(=O)CN(C)C(C)C(=O)Nc1sc2c(c1C#N)CCCCC2. The Morgan fingerprint density at radius 2 is 2.07 bits per heavy atom. The van der Waals surface area contributed by atoms with Gasteiger partial charge in [-0.3, -0.25) is 14.5 Å². The summed E-state index contributed by atoms with van der Waals surface area (Å²) in [5.41, 5.74) is 1.72. The number of nitrogens with zero attached hydrogens (tertiary/aromatic N) is 2. The number of amides is 2. The van der Waals surface area contributed by atoms with Crippen molar-refractivity contribution in [3.63, 3.8) is 0 Å². The fourth-order valence-corrected chi connectivity index (χ4v) is 4.47. The number of carbonyl (C=O) groups is 2. The molecule has 0 aromatic carbocycles. The molecule has 0 saturated carbocycles. The normalized spacial score (nSPS) is 14.7. The molecule has 1 atom stereocenters. The van der Waals surface area contributed by atoms with Crippen molar-refractivity contribution in [3.8, 4) is 6.07 Å². The Hall–Kier alpha value is -1.95. The molecule has 0 radical (unpaired) electrons. The van der Waals surface area contributed by atoms with Crippen molar-refractivity contribution in [3.05, 3.63) is 16.0 Å². The van der Waals surface area contributed by atoms with E-state index in [-0.39, 0.29) is 18.4 Å². The van der Waals surface area contributed by atoms with Gasteiger partial charge in [-0.2, -0.15) is 5.26 Å². The molecule has 8 heteroatoms. The molecule has 154 valence electrons. The molecule has 2 amide bonds. The van der Waals surface area contributed by atoms with Crippen LogP contribution in [0.3, 0.4) is 0 Å². The van der Waals surface area contributed by atoms with Gasteiger partial charge in [-0.15, -0.1) is 11.3 Å². The molecule has 0 fully saturated rings. The average molecular weight is 407 g/mol. The van der Waals surface area contributed by atoms with Crippen LogP contribution in [-0.4, -0.2) is 56.6 Å². The highest BCUT2D eigenvalue weighted by atomic mass is 32.1. The number of hydrogen-bond acceptors (Lipinski definition) is 6. The maximum Gasteiger partial charge on any atom is 0.242 e. The van der Waals surface area contributed by atoms with Crippen LogP contribution in [0.5, 0.6) is 0 Å². The van der Waals surface area contributed by atoms with Gasteiger partial charge in [0, 0.05) is 25.1 Å². The maximum atomic E-state index is 12.7. The third-order valence-corrected chi connectivity index (χ3v) is 6.26. The molecular formula is C20H30N4O3S. The van der Waals surface area contributed by atoms with Crippen LogP contribution in [0.1, 0.15) is 48.6 Å². The van der Waals surface area contributed by atoms with Crippen LogP contribution in [0.2, 0.25) is 0 Å². The molecule has 0 bridgehead atoms. The van der Waals surface area contributed by atoms with Gasteiger partial charge in [0.25, 0.3) is 0 Å². The topological polar surface area (TPSA) is 94.5 Å². The van der Waals surface area contributed by atoms with Crippen LogP contribution < -0.4 is 10.6 Å².